The molecule has 0 aromatic carbocycles. The molecular weight excluding hydrogens is 238 g/mol. The van der Waals surface area contributed by atoms with Gasteiger partial charge in [0.1, 0.15) is 4.75 Å². The Hall–Kier alpha value is -0.710. The highest BCUT2D eigenvalue weighted by atomic mass is 32.2. The van der Waals surface area contributed by atoms with Crippen molar-refractivity contribution in [1.82, 2.24) is 4.31 Å². The Morgan fingerprint density at radius 1 is 1.35 bits per heavy atom. The second-order valence-corrected chi connectivity index (χ2v) is 7.10. The van der Waals surface area contributed by atoms with Crippen molar-refractivity contribution in [2.45, 2.75) is 38.4 Å². The highest BCUT2D eigenvalue weighted by Gasteiger charge is 2.72. The van der Waals surface area contributed by atoms with E-state index >= 15 is 0 Å². The summed E-state index contributed by atoms with van der Waals surface area (Å²) in [6.07, 6.45) is 1.44. The van der Waals surface area contributed by atoms with Crippen LogP contribution in [-0.2, 0) is 14.3 Å². The molecule has 4 nitrogen and oxygen atoms in total. The van der Waals surface area contributed by atoms with Crippen LogP contribution >= 0.6 is 11.9 Å². The SMILES string of the molecule is COC(=O)[C@@]12CC[C@@](C)(C(=O)N(C)S1)C2(C)C. The van der Waals surface area contributed by atoms with Crippen molar-refractivity contribution < 1.29 is 14.3 Å². The van der Waals surface area contributed by atoms with Crippen molar-refractivity contribution in [1.29, 1.82) is 0 Å². The molecule has 2 aliphatic rings. The second-order valence-electron chi connectivity index (χ2n) is 5.67. The number of nitrogens with zero attached hydrogens (tertiary/aromatic N) is 1. The van der Waals surface area contributed by atoms with Crippen LogP contribution in [0.4, 0.5) is 0 Å². The fourth-order valence-electron chi connectivity index (χ4n) is 3.21. The third-order valence-electron chi connectivity index (χ3n) is 4.93. The number of amides is 1. The summed E-state index contributed by atoms with van der Waals surface area (Å²) in [7, 11) is 3.16. The largest absolute Gasteiger partial charge is 0.468 e. The summed E-state index contributed by atoms with van der Waals surface area (Å²) in [5.41, 5.74) is -0.859. The second kappa shape index (κ2) is 3.40. The number of hydrogen-bond acceptors (Lipinski definition) is 4. The van der Waals surface area contributed by atoms with Crippen molar-refractivity contribution >= 4 is 23.8 Å². The van der Waals surface area contributed by atoms with E-state index in [4.69, 9.17) is 4.74 Å². The van der Waals surface area contributed by atoms with Crippen LogP contribution in [0.25, 0.3) is 0 Å². The van der Waals surface area contributed by atoms with Gasteiger partial charge in [0.25, 0.3) is 0 Å². The molecule has 1 saturated heterocycles. The zero-order valence-electron chi connectivity index (χ0n) is 11.0. The average Bonchev–Trinajstić information content (AvgIpc) is 2.40. The van der Waals surface area contributed by atoms with Crippen molar-refractivity contribution in [2.24, 2.45) is 10.8 Å². The molecule has 1 heterocycles. The molecule has 17 heavy (non-hydrogen) atoms. The first-order valence-corrected chi connectivity index (χ1v) is 6.56. The number of hydrogen-bond donors (Lipinski definition) is 0. The summed E-state index contributed by atoms with van der Waals surface area (Å²) < 4.78 is 5.96. The Bertz CT molecular complexity index is 395. The zero-order valence-corrected chi connectivity index (χ0v) is 11.8. The van der Waals surface area contributed by atoms with Crippen LogP contribution in [0, 0.1) is 10.8 Å². The Kier molecular flexibility index (Phi) is 2.55. The minimum atomic E-state index is -0.626. The first kappa shape index (κ1) is 12.7. The topological polar surface area (TPSA) is 46.6 Å². The quantitative estimate of drug-likeness (QED) is 0.531. The molecule has 1 saturated carbocycles. The van der Waals surface area contributed by atoms with Gasteiger partial charge in [-0.05, 0) is 24.8 Å². The van der Waals surface area contributed by atoms with Crippen LogP contribution in [0.3, 0.4) is 0 Å². The maximum atomic E-state index is 12.3. The number of carbonyl (C=O) groups excluding carboxylic acids is 2. The summed E-state index contributed by atoms with van der Waals surface area (Å²) in [4.78, 5) is 24.5. The van der Waals surface area contributed by atoms with Crippen LogP contribution in [-0.4, -0.2) is 35.1 Å². The molecule has 2 bridgehead atoms. The lowest BCUT2D eigenvalue weighted by molar-refractivity contribution is -0.152. The standard InChI is InChI=1S/C12H19NO3S/c1-10(2)11(3)6-7-12(10,9(15)16-5)17-13(4)8(11)14/h6-7H2,1-5H3/t11-,12+/m0/s1. The van der Waals surface area contributed by atoms with Crippen LogP contribution in [0.5, 0.6) is 0 Å². The van der Waals surface area contributed by atoms with Crippen LogP contribution in [0.2, 0.25) is 0 Å². The predicted octanol–water partition coefficient (Wildman–Crippen LogP) is 1.84. The monoisotopic (exact) mass is 257 g/mol. The molecule has 1 aliphatic carbocycles. The van der Waals surface area contributed by atoms with Gasteiger partial charge in [0.15, 0.2) is 0 Å². The first-order valence-electron chi connectivity index (χ1n) is 5.79. The number of esters is 1. The van der Waals surface area contributed by atoms with Gasteiger partial charge in [-0.15, -0.1) is 0 Å². The molecule has 0 aromatic heterocycles. The lowest BCUT2D eigenvalue weighted by Gasteiger charge is -2.51. The van der Waals surface area contributed by atoms with Gasteiger partial charge in [-0.1, -0.05) is 20.8 Å². The van der Waals surface area contributed by atoms with Crippen molar-refractivity contribution in [3.63, 3.8) is 0 Å². The minimum Gasteiger partial charge on any atom is -0.468 e. The molecule has 1 aliphatic heterocycles. The molecule has 1 amide bonds. The fraction of sp³-hybridized carbons (Fsp3) is 0.833. The summed E-state index contributed by atoms with van der Waals surface area (Å²) in [6.45, 7) is 5.99. The summed E-state index contributed by atoms with van der Waals surface area (Å²) in [5, 5.41) is 0. The Morgan fingerprint density at radius 3 is 2.47 bits per heavy atom. The minimum absolute atomic E-state index is 0.115. The van der Waals surface area contributed by atoms with Gasteiger partial charge in [0.05, 0.1) is 12.5 Å². The van der Waals surface area contributed by atoms with E-state index < -0.39 is 10.2 Å². The Balaban J connectivity index is 2.57. The molecule has 0 aromatic rings. The van der Waals surface area contributed by atoms with Gasteiger partial charge >= 0.3 is 5.97 Å². The van der Waals surface area contributed by atoms with E-state index in [2.05, 4.69) is 0 Å². The van der Waals surface area contributed by atoms with Gasteiger partial charge in [-0.3, -0.25) is 13.9 Å². The van der Waals surface area contributed by atoms with E-state index in [1.807, 2.05) is 20.8 Å². The molecule has 2 atom stereocenters. The van der Waals surface area contributed by atoms with E-state index in [0.717, 1.165) is 6.42 Å². The molecule has 0 N–H and O–H groups in total. The molecule has 0 spiro atoms. The van der Waals surface area contributed by atoms with Gasteiger partial charge in [0, 0.05) is 12.5 Å². The highest BCUT2D eigenvalue weighted by molar-refractivity contribution is 7.99. The third kappa shape index (κ3) is 1.21. The number of ether oxygens (including phenoxy) is 1. The predicted molar refractivity (Wildman–Crippen MR) is 66.2 cm³/mol. The lowest BCUT2D eigenvalue weighted by atomic mass is 9.64. The molecule has 2 rings (SSSR count). The van der Waals surface area contributed by atoms with Gasteiger partial charge in [-0.25, -0.2) is 0 Å². The van der Waals surface area contributed by atoms with Gasteiger partial charge in [-0.2, -0.15) is 0 Å². The molecule has 96 valence electrons. The van der Waals surface area contributed by atoms with Crippen molar-refractivity contribution in [3.8, 4) is 0 Å². The van der Waals surface area contributed by atoms with E-state index in [9.17, 15) is 9.59 Å². The smallest absolute Gasteiger partial charge is 0.324 e. The highest BCUT2D eigenvalue weighted by Crippen LogP contribution is 2.68. The third-order valence-corrected chi connectivity index (χ3v) is 6.56. The summed E-state index contributed by atoms with van der Waals surface area (Å²) in [5.74, 6) is -0.0971. The molecule has 5 heteroatoms. The summed E-state index contributed by atoms with van der Waals surface area (Å²) >= 11 is 1.33. The van der Waals surface area contributed by atoms with E-state index in [-0.39, 0.29) is 17.3 Å². The Labute approximate surface area is 106 Å². The maximum absolute atomic E-state index is 12.3. The molecule has 2 fully saturated rings. The lowest BCUT2D eigenvalue weighted by Crippen LogP contribution is -2.60. The maximum Gasteiger partial charge on any atom is 0.324 e. The molecule has 0 radical (unpaired) electrons. The van der Waals surface area contributed by atoms with Crippen LogP contribution in [0.1, 0.15) is 33.6 Å². The van der Waals surface area contributed by atoms with Gasteiger partial charge in [0.2, 0.25) is 5.91 Å². The van der Waals surface area contributed by atoms with Crippen molar-refractivity contribution in [2.75, 3.05) is 14.2 Å². The number of fused-ring (bicyclic) bond motifs is 2. The van der Waals surface area contributed by atoms with Crippen molar-refractivity contribution in [3.05, 3.63) is 0 Å². The number of rotatable bonds is 1. The average molecular weight is 257 g/mol. The first-order chi connectivity index (χ1) is 7.73. The van der Waals surface area contributed by atoms with E-state index in [1.54, 1.807) is 11.4 Å². The summed E-state index contributed by atoms with van der Waals surface area (Å²) in [6, 6.07) is 0. The number of methoxy groups -OCH3 is 1. The molecular formula is C12H19NO3S. The van der Waals surface area contributed by atoms with Gasteiger partial charge < -0.3 is 4.74 Å². The van der Waals surface area contributed by atoms with E-state index in [0.29, 0.717) is 6.42 Å². The molecule has 0 unspecified atom stereocenters. The normalized spacial score (nSPS) is 39.4. The van der Waals surface area contributed by atoms with Crippen LogP contribution < -0.4 is 0 Å². The Morgan fingerprint density at radius 2 is 1.94 bits per heavy atom. The van der Waals surface area contributed by atoms with Crippen LogP contribution in [0.15, 0.2) is 0 Å². The fourth-order valence-corrected chi connectivity index (χ4v) is 4.77. The van der Waals surface area contributed by atoms with E-state index in [1.165, 1.54) is 19.1 Å². The zero-order chi connectivity index (χ0) is 13.1. The number of carbonyl (C=O) groups is 2.